The summed E-state index contributed by atoms with van der Waals surface area (Å²) >= 11 is 14.2. The maximum Gasteiger partial charge on any atom is 0.239 e. The lowest BCUT2D eigenvalue weighted by atomic mass is 10.1. The molecule has 0 saturated carbocycles. The SMILES string of the molecule is C[C@H](C(=O)N(C)[C@H](C)c1ccc(Cl)cc1Cl)N1CCSCC1. The number of rotatable bonds is 4. The van der Waals surface area contributed by atoms with E-state index in [1.165, 1.54) is 0 Å². The zero-order valence-corrected chi connectivity index (χ0v) is 15.5. The number of thioether (sulfide) groups is 1. The minimum absolute atomic E-state index is 0.0844. The number of halogens is 2. The van der Waals surface area contributed by atoms with Crippen LogP contribution in [0.15, 0.2) is 18.2 Å². The number of likely N-dealkylation sites (N-methyl/N-ethyl adjacent to an activating group) is 1. The highest BCUT2D eigenvalue weighted by molar-refractivity contribution is 7.99. The van der Waals surface area contributed by atoms with Gasteiger partial charge in [0.25, 0.3) is 0 Å². The Bertz CT molecular complexity index is 535. The summed E-state index contributed by atoms with van der Waals surface area (Å²) < 4.78 is 0. The first-order chi connectivity index (χ1) is 10.4. The molecule has 1 aromatic carbocycles. The fraction of sp³-hybridized carbons (Fsp3) is 0.562. The largest absolute Gasteiger partial charge is 0.338 e. The topological polar surface area (TPSA) is 23.6 Å². The van der Waals surface area contributed by atoms with Gasteiger partial charge in [0.2, 0.25) is 5.91 Å². The van der Waals surface area contributed by atoms with E-state index in [4.69, 9.17) is 23.2 Å². The molecule has 6 heteroatoms. The van der Waals surface area contributed by atoms with E-state index in [9.17, 15) is 4.79 Å². The molecule has 22 heavy (non-hydrogen) atoms. The molecule has 0 N–H and O–H groups in total. The van der Waals surface area contributed by atoms with Crippen LogP contribution in [0.1, 0.15) is 25.5 Å². The molecule has 0 unspecified atom stereocenters. The molecule has 1 fully saturated rings. The standard InChI is InChI=1S/C16H22Cl2N2OS/c1-11(14-5-4-13(17)10-15(14)18)19(3)16(21)12(2)20-6-8-22-9-7-20/h4-5,10-12H,6-9H2,1-3H3/t11-,12-/m1/s1. The molecule has 1 aliphatic rings. The van der Waals surface area contributed by atoms with Gasteiger partial charge < -0.3 is 4.90 Å². The Balaban J connectivity index is 2.08. The zero-order chi connectivity index (χ0) is 16.3. The molecule has 0 aliphatic carbocycles. The first kappa shape index (κ1) is 17.9. The lowest BCUT2D eigenvalue weighted by Crippen LogP contribution is -2.49. The Hall–Kier alpha value is -0.420. The number of carbonyl (C=O) groups excluding carboxylic acids is 1. The molecule has 2 atom stereocenters. The van der Waals surface area contributed by atoms with Crippen molar-refractivity contribution in [2.75, 3.05) is 31.6 Å². The maximum atomic E-state index is 12.7. The number of carbonyl (C=O) groups is 1. The molecular formula is C16H22Cl2N2OS. The second-order valence-corrected chi connectivity index (χ2v) is 7.68. The molecule has 1 amide bonds. The Kier molecular flexibility index (Phi) is 6.45. The van der Waals surface area contributed by atoms with Crippen molar-refractivity contribution in [1.82, 2.24) is 9.80 Å². The van der Waals surface area contributed by atoms with E-state index >= 15 is 0 Å². The number of hydrogen-bond donors (Lipinski definition) is 0. The third-order valence-electron chi connectivity index (χ3n) is 4.29. The van der Waals surface area contributed by atoms with Crippen molar-refractivity contribution in [2.45, 2.75) is 25.9 Å². The summed E-state index contributed by atoms with van der Waals surface area (Å²) in [6, 6.07) is 5.24. The predicted octanol–water partition coefficient (Wildman–Crippen LogP) is 3.95. The molecule has 1 aromatic rings. The summed E-state index contributed by atoms with van der Waals surface area (Å²) in [4.78, 5) is 16.8. The van der Waals surface area contributed by atoms with Gasteiger partial charge in [0.05, 0.1) is 12.1 Å². The molecule has 1 saturated heterocycles. The van der Waals surface area contributed by atoms with Crippen LogP contribution in [-0.4, -0.2) is 53.4 Å². The van der Waals surface area contributed by atoms with E-state index in [2.05, 4.69) is 4.90 Å². The first-order valence-corrected chi connectivity index (χ1v) is 9.36. The van der Waals surface area contributed by atoms with Gasteiger partial charge in [-0.15, -0.1) is 0 Å². The number of amides is 1. The van der Waals surface area contributed by atoms with Crippen molar-refractivity contribution in [3.63, 3.8) is 0 Å². The molecule has 0 radical (unpaired) electrons. The van der Waals surface area contributed by atoms with Crippen molar-refractivity contribution in [2.24, 2.45) is 0 Å². The summed E-state index contributed by atoms with van der Waals surface area (Å²) in [6.07, 6.45) is 0. The Morgan fingerprint density at radius 3 is 2.50 bits per heavy atom. The minimum atomic E-state index is -0.0978. The highest BCUT2D eigenvalue weighted by Gasteiger charge is 2.28. The van der Waals surface area contributed by atoms with Crippen LogP contribution in [0, 0.1) is 0 Å². The quantitative estimate of drug-likeness (QED) is 0.811. The highest BCUT2D eigenvalue weighted by atomic mass is 35.5. The van der Waals surface area contributed by atoms with Gasteiger partial charge in [0, 0.05) is 41.7 Å². The first-order valence-electron chi connectivity index (χ1n) is 7.45. The minimum Gasteiger partial charge on any atom is -0.338 e. The van der Waals surface area contributed by atoms with Gasteiger partial charge in [-0.2, -0.15) is 11.8 Å². The van der Waals surface area contributed by atoms with Crippen molar-refractivity contribution in [3.05, 3.63) is 33.8 Å². The van der Waals surface area contributed by atoms with Crippen LogP contribution in [0.4, 0.5) is 0 Å². The fourth-order valence-corrected chi connectivity index (χ4v) is 4.15. The van der Waals surface area contributed by atoms with Crippen molar-refractivity contribution in [3.8, 4) is 0 Å². The Morgan fingerprint density at radius 2 is 1.91 bits per heavy atom. The summed E-state index contributed by atoms with van der Waals surface area (Å²) in [5, 5.41) is 1.20. The summed E-state index contributed by atoms with van der Waals surface area (Å²) in [7, 11) is 1.84. The van der Waals surface area contributed by atoms with Crippen molar-refractivity contribution in [1.29, 1.82) is 0 Å². The molecule has 1 heterocycles. The van der Waals surface area contributed by atoms with Crippen LogP contribution < -0.4 is 0 Å². The van der Waals surface area contributed by atoms with Gasteiger partial charge in [-0.25, -0.2) is 0 Å². The second kappa shape index (κ2) is 7.91. The molecule has 2 rings (SSSR count). The van der Waals surface area contributed by atoms with E-state index < -0.39 is 0 Å². The number of benzene rings is 1. The molecule has 3 nitrogen and oxygen atoms in total. The van der Waals surface area contributed by atoms with Crippen LogP contribution in [0.25, 0.3) is 0 Å². The Labute approximate surface area is 146 Å². The van der Waals surface area contributed by atoms with E-state index in [0.717, 1.165) is 30.2 Å². The zero-order valence-electron chi connectivity index (χ0n) is 13.2. The highest BCUT2D eigenvalue weighted by Crippen LogP contribution is 2.29. The van der Waals surface area contributed by atoms with E-state index in [-0.39, 0.29) is 18.0 Å². The maximum absolute atomic E-state index is 12.7. The van der Waals surface area contributed by atoms with E-state index in [1.54, 1.807) is 11.0 Å². The van der Waals surface area contributed by atoms with Crippen LogP contribution in [0.3, 0.4) is 0 Å². The number of hydrogen-bond acceptors (Lipinski definition) is 3. The number of nitrogens with zero attached hydrogens (tertiary/aromatic N) is 2. The van der Waals surface area contributed by atoms with Crippen LogP contribution in [0.2, 0.25) is 10.0 Å². The monoisotopic (exact) mass is 360 g/mol. The predicted molar refractivity (Wildman–Crippen MR) is 96.0 cm³/mol. The smallest absolute Gasteiger partial charge is 0.239 e. The average Bonchev–Trinajstić information content (AvgIpc) is 2.53. The molecular weight excluding hydrogens is 339 g/mol. The van der Waals surface area contributed by atoms with Gasteiger partial charge in [0.1, 0.15) is 0 Å². The van der Waals surface area contributed by atoms with Crippen molar-refractivity contribution < 1.29 is 4.79 Å². The van der Waals surface area contributed by atoms with E-state index in [0.29, 0.717) is 10.0 Å². The van der Waals surface area contributed by atoms with Gasteiger partial charge >= 0.3 is 0 Å². The van der Waals surface area contributed by atoms with Crippen LogP contribution >= 0.6 is 35.0 Å². The molecule has 0 spiro atoms. The molecule has 122 valence electrons. The molecule has 0 aromatic heterocycles. The normalized spacial score (nSPS) is 18.8. The average molecular weight is 361 g/mol. The van der Waals surface area contributed by atoms with Crippen LogP contribution in [0.5, 0.6) is 0 Å². The lowest BCUT2D eigenvalue weighted by Gasteiger charge is -2.35. The van der Waals surface area contributed by atoms with Crippen LogP contribution in [-0.2, 0) is 4.79 Å². The summed E-state index contributed by atoms with van der Waals surface area (Å²) in [6.45, 7) is 5.93. The molecule has 0 bridgehead atoms. The third-order valence-corrected chi connectivity index (χ3v) is 5.80. The van der Waals surface area contributed by atoms with Gasteiger partial charge in [-0.1, -0.05) is 29.3 Å². The fourth-order valence-electron chi connectivity index (χ4n) is 2.66. The second-order valence-electron chi connectivity index (χ2n) is 5.62. The molecule has 1 aliphatic heterocycles. The van der Waals surface area contributed by atoms with Gasteiger partial charge in [0.15, 0.2) is 0 Å². The lowest BCUT2D eigenvalue weighted by molar-refractivity contribution is -0.136. The Morgan fingerprint density at radius 1 is 1.27 bits per heavy atom. The third kappa shape index (κ3) is 4.10. The van der Waals surface area contributed by atoms with Gasteiger partial charge in [-0.3, -0.25) is 9.69 Å². The van der Waals surface area contributed by atoms with Crippen molar-refractivity contribution >= 4 is 40.9 Å². The summed E-state index contributed by atoms with van der Waals surface area (Å²) in [5.41, 5.74) is 0.920. The summed E-state index contributed by atoms with van der Waals surface area (Å²) in [5.74, 6) is 2.32. The van der Waals surface area contributed by atoms with E-state index in [1.807, 2.05) is 44.8 Å². The van der Waals surface area contributed by atoms with Gasteiger partial charge in [-0.05, 0) is 31.5 Å².